The van der Waals surface area contributed by atoms with Crippen molar-refractivity contribution in [1.82, 2.24) is 14.9 Å². The fourth-order valence-corrected chi connectivity index (χ4v) is 7.74. The molecule has 2 fully saturated rings. The number of nitrogens with two attached hydrogens (primary N) is 1. The highest BCUT2D eigenvalue weighted by Crippen LogP contribution is 2.45. The molecule has 0 saturated carbocycles. The van der Waals surface area contributed by atoms with Gasteiger partial charge in [-0.25, -0.2) is 23.2 Å². The zero-order valence-corrected chi connectivity index (χ0v) is 29.4. The topological polar surface area (TPSA) is 139 Å². The number of carbonyl (C=O) groups is 2. The first kappa shape index (κ1) is 33.7. The molecular weight excluding hydrogens is 604 g/mol. The van der Waals surface area contributed by atoms with Gasteiger partial charge in [-0.05, 0) is 90.0 Å². The molecule has 3 atom stereocenters. The van der Waals surface area contributed by atoms with Crippen LogP contribution >= 0.6 is 0 Å². The number of hydrogen-bond acceptors (Lipinski definition) is 9. The van der Waals surface area contributed by atoms with Crippen LogP contribution in [0.2, 0.25) is 0 Å². The molecular formula is C34H48N6O5S. The van der Waals surface area contributed by atoms with E-state index < -0.39 is 27.8 Å². The molecule has 2 bridgehead atoms. The molecule has 2 aromatic rings. The number of fused-ring (bicyclic) bond motifs is 2. The number of pyridine rings is 2. The maximum absolute atomic E-state index is 14.5. The number of carbonyl (C=O) groups excluding carboxylic acids is 2. The van der Waals surface area contributed by atoms with Crippen molar-refractivity contribution in [3.05, 3.63) is 47.2 Å². The Labute approximate surface area is 274 Å². The highest BCUT2D eigenvalue weighted by Gasteiger charge is 2.44. The molecule has 0 radical (unpaired) electrons. The van der Waals surface area contributed by atoms with Crippen LogP contribution < -0.4 is 14.9 Å². The van der Waals surface area contributed by atoms with Crippen LogP contribution in [0.5, 0.6) is 0 Å². The molecule has 46 heavy (non-hydrogen) atoms. The quantitative estimate of drug-likeness (QED) is 0.389. The fourth-order valence-electron chi connectivity index (χ4n) is 7.21. The predicted molar refractivity (Wildman–Crippen MR) is 181 cm³/mol. The molecule has 2 aromatic heterocycles. The lowest BCUT2D eigenvalue weighted by molar-refractivity contribution is 0.0175. The second-order valence-corrected chi connectivity index (χ2v) is 16.5. The van der Waals surface area contributed by atoms with E-state index >= 15 is 0 Å². The number of amides is 2. The molecule has 2 saturated heterocycles. The van der Waals surface area contributed by atoms with Crippen molar-refractivity contribution in [2.75, 3.05) is 21.5 Å². The third kappa shape index (κ3) is 6.59. The van der Waals surface area contributed by atoms with Gasteiger partial charge in [0.25, 0.3) is 5.91 Å². The van der Waals surface area contributed by atoms with E-state index in [1.54, 1.807) is 6.07 Å². The smallest absolute Gasteiger partial charge is 0.411 e. The van der Waals surface area contributed by atoms with Gasteiger partial charge in [-0.15, -0.1) is 0 Å². The van der Waals surface area contributed by atoms with Gasteiger partial charge in [-0.2, -0.15) is 4.31 Å². The maximum Gasteiger partial charge on any atom is 0.411 e. The average Bonchev–Trinajstić information content (AvgIpc) is 3.35. The van der Waals surface area contributed by atoms with Crippen LogP contribution in [0.1, 0.15) is 110 Å². The van der Waals surface area contributed by atoms with Crippen LogP contribution in [0.25, 0.3) is 5.57 Å². The summed E-state index contributed by atoms with van der Waals surface area (Å²) in [6, 6.07) is 6.15. The number of thiol groups is 1. The summed E-state index contributed by atoms with van der Waals surface area (Å²) in [6.45, 7) is 18.9. The van der Waals surface area contributed by atoms with Crippen LogP contribution in [0.3, 0.4) is 0 Å². The lowest BCUT2D eigenvalue weighted by Crippen LogP contribution is -2.45. The minimum atomic E-state index is -3.41. The number of nitrogens with zero attached hydrogens (tertiary/aromatic N) is 5. The van der Waals surface area contributed by atoms with E-state index in [0.29, 0.717) is 29.0 Å². The molecule has 0 spiro atoms. The molecule has 3 aliphatic heterocycles. The van der Waals surface area contributed by atoms with Crippen LogP contribution in [-0.4, -0.2) is 65.1 Å². The Bertz CT molecular complexity index is 1650. The zero-order valence-electron chi connectivity index (χ0n) is 28.5. The molecule has 5 rings (SSSR count). The Morgan fingerprint density at radius 2 is 1.78 bits per heavy atom. The van der Waals surface area contributed by atoms with Gasteiger partial charge in [-0.1, -0.05) is 39.8 Å². The largest absolute Gasteiger partial charge is 0.444 e. The summed E-state index contributed by atoms with van der Waals surface area (Å²) in [5, 5.41) is 0. The second kappa shape index (κ2) is 11.8. The number of ether oxygens (including phenoxy) is 1. The van der Waals surface area contributed by atoms with Crippen LogP contribution in [0, 0.1) is 5.92 Å². The van der Waals surface area contributed by atoms with Crippen molar-refractivity contribution in [1.29, 1.82) is 0 Å². The van der Waals surface area contributed by atoms with Crippen LogP contribution in [-0.2, 0) is 21.0 Å². The number of aromatic nitrogens is 2. The lowest BCUT2D eigenvalue weighted by atomic mass is 9.82. The van der Waals surface area contributed by atoms with Crippen molar-refractivity contribution in [2.45, 2.75) is 117 Å². The van der Waals surface area contributed by atoms with E-state index in [9.17, 15) is 18.0 Å². The van der Waals surface area contributed by atoms with Crippen molar-refractivity contribution >= 4 is 45.9 Å². The molecule has 2 N–H and O–H groups in total. The Hall–Kier alpha value is -3.67. The lowest BCUT2D eigenvalue weighted by Gasteiger charge is -2.38. The summed E-state index contributed by atoms with van der Waals surface area (Å²) in [6.07, 6.45) is 4.86. The minimum Gasteiger partial charge on any atom is -0.444 e. The van der Waals surface area contributed by atoms with Crippen LogP contribution in [0.4, 0.5) is 22.2 Å². The van der Waals surface area contributed by atoms with Crippen molar-refractivity contribution < 1.29 is 22.7 Å². The molecule has 3 unspecified atom stereocenters. The fraction of sp³-hybridized carbons (Fsp3) is 0.588. The third-order valence-corrected chi connectivity index (χ3v) is 9.66. The van der Waals surface area contributed by atoms with E-state index in [-0.39, 0.29) is 40.9 Å². The van der Waals surface area contributed by atoms with Gasteiger partial charge in [0.1, 0.15) is 17.2 Å². The highest BCUT2D eigenvalue weighted by atomic mass is 32.2. The molecule has 2 amide bonds. The Morgan fingerprint density at radius 3 is 2.33 bits per heavy atom. The van der Waals surface area contributed by atoms with Crippen molar-refractivity contribution in [2.24, 2.45) is 5.92 Å². The number of anilines is 3. The molecule has 3 aliphatic rings. The predicted octanol–water partition coefficient (Wildman–Crippen LogP) is 5.71. The summed E-state index contributed by atoms with van der Waals surface area (Å²) in [7, 11) is -3.41. The van der Waals surface area contributed by atoms with Gasteiger partial charge in [-0.3, -0.25) is 9.69 Å². The van der Waals surface area contributed by atoms with Crippen molar-refractivity contribution in [3.8, 4) is 0 Å². The Balaban J connectivity index is 1.70. The van der Waals surface area contributed by atoms with Gasteiger partial charge in [0.05, 0.1) is 17.3 Å². The van der Waals surface area contributed by atoms with Gasteiger partial charge < -0.3 is 15.4 Å². The van der Waals surface area contributed by atoms with Gasteiger partial charge in [0.2, 0.25) is 10.9 Å². The van der Waals surface area contributed by atoms with E-state index in [1.165, 1.54) is 12.1 Å². The number of hydrogen-bond donors (Lipinski definition) is 2. The first-order valence-electron chi connectivity index (χ1n) is 16.0. The molecule has 0 aliphatic carbocycles. The van der Waals surface area contributed by atoms with Gasteiger partial charge in [0, 0.05) is 29.1 Å². The molecule has 250 valence electrons. The number of nitrogen functional groups attached to an aromatic ring is 1. The zero-order chi connectivity index (χ0) is 33.9. The third-order valence-electron chi connectivity index (χ3n) is 8.95. The SMILES string of the molecule is CC1CN(c2nc(C(C)(C)C)c(C3=CC4CCC(C3)N4C(=O)OC(C)(C)C)cc2C(=O)N(c2cccc(N)n2)[SH](=O)=O)C(C)(C)C1. The van der Waals surface area contributed by atoms with Gasteiger partial charge >= 0.3 is 6.09 Å². The summed E-state index contributed by atoms with van der Waals surface area (Å²) in [4.78, 5) is 41.1. The maximum atomic E-state index is 14.5. The molecule has 12 heteroatoms. The minimum absolute atomic E-state index is 0.0611. The summed E-state index contributed by atoms with van der Waals surface area (Å²) in [5.41, 5.74) is 7.30. The van der Waals surface area contributed by atoms with Crippen molar-refractivity contribution in [3.63, 3.8) is 0 Å². The summed E-state index contributed by atoms with van der Waals surface area (Å²) >= 11 is 0. The second-order valence-electron chi connectivity index (χ2n) is 15.6. The van der Waals surface area contributed by atoms with E-state index in [1.807, 2.05) is 31.7 Å². The molecule has 5 heterocycles. The van der Waals surface area contributed by atoms with Crippen LogP contribution in [0.15, 0.2) is 30.3 Å². The van der Waals surface area contributed by atoms with E-state index in [0.717, 1.165) is 36.1 Å². The average molecular weight is 653 g/mol. The first-order chi connectivity index (χ1) is 21.3. The molecule has 11 nitrogen and oxygen atoms in total. The standard InChI is InChI=1S/C34H48N6O5S/c1-20-18-34(8,9)38(19-20)29-25(30(41)40(46(43)44)27-12-10-11-26(35)36-27)17-24(28(37-29)32(2,3)4)21-15-22-13-14-23(16-21)39(22)31(42)45-33(5,6)7/h10-12,15,17,20,22-23,46H,13-14,16,18-19H2,1-9H3,(H2,35,36). The normalized spacial score (nSPS) is 22.7. The Morgan fingerprint density at radius 1 is 1.09 bits per heavy atom. The monoisotopic (exact) mass is 652 g/mol. The Kier molecular flexibility index (Phi) is 8.68. The van der Waals surface area contributed by atoms with E-state index in [2.05, 4.69) is 57.5 Å². The van der Waals surface area contributed by atoms with Gasteiger partial charge in [0.15, 0.2) is 5.82 Å². The highest BCUT2D eigenvalue weighted by molar-refractivity contribution is 7.75. The summed E-state index contributed by atoms with van der Waals surface area (Å²) in [5.74, 6) is 0.0691. The first-order valence-corrected chi connectivity index (χ1v) is 17.2. The van der Waals surface area contributed by atoms with E-state index in [4.69, 9.17) is 15.5 Å². The number of rotatable bonds is 5. The summed E-state index contributed by atoms with van der Waals surface area (Å²) < 4.78 is 31.8. The molecule has 0 aromatic carbocycles.